The highest BCUT2D eigenvalue weighted by Gasteiger charge is 2.35. The van der Waals surface area contributed by atoms with Crippen molar-refractivity contribution in [2.75, 3.05) is 13.1 Å². The minimum atomic E-state index is -2.61. The van der Waals surface area contributed by atoms with Crippen molar-refractivity contribution >= 4 is 5.91 Å². The Morgan fingerprint density at radius 2 is 2.11 bits per heavy atom. The lowest BCUT2D eigenvalue weighted by Gasteiger charge is -2.32. The number of rotatable bonds is 3. The molecule has 1 aliphatic rings. The topological polar surface area (TPSA) is 38.1 Å². The molecule has 1 aromatic rings. The number of amides is 1. The summed E-state index contributed by atoms with van der Waals surface area (Å²) in [6, 6.07) is -0.00237. The lowest BCUT2D eigenvalue weighted by molar-refractivity contribution is -0.137. The second kappa shape index (κ2) is 5.27. The molecule has 0 aliphatic carbocycles. The second-order valence-corrected chi connectivity index (χ2v) is 5.17. The molecule has 1 amide bonds. The molecule has 1 saturated heterocycles. The molecule has 0 radical (unpaired) electrons. The Hall–Kier alpha value is -1.46. The van der Waals surface area contributed by atoms with Crippen LogP contribution in [0.25, 0.3) is 0 Å². The quantitative estimate of drug-likeness (QED) is 0.846. The zero-order valence-electron chi connectivity index (χ0n) is 11.3. The highest BCUT2D eigenvalue weighted by atomic mass is 19.3. The Morgan fingerprint density at radius 1 is 1.47 bits per heavy atom. The maximum Gasteiger partial charge on any atom is 0.251 e. The van der Waals surface area contributed by atoms with Crippen molar-refractivity contribution in [1.29, 1.82) is 0 Å². The molecule has 106 valence electrons. The van der Waals surface area contributed by atoms with Gasteiger partial charge in [-0.05, 0) is 13.8 Å². The number of imidazole rings is 1. The molecule has 1 atom stereocenters. The summed E-state index contributed by atoms with van der Waals surface area (Å²) in [5.74, 6) is -1.81. The van der Waals surface area contributed by atoms with E-state index in [-0.39, 0.29) is 37.9 Å². The molecule has 0 N–H and O–H groups in total. The molecule has 0 saturated carbocycles. The van der Waals surface area contributed by atoms with Crippen molar-refractivity contribution in [1.82, 2.24) is 14.5 Å². The van der Waals surface area contributed by atoms with Crippen LogP contribution >= 0.6 is 0 Å². The van der Waals surface area contributed by atoms with Crippen LogP contribution in [0.1, 0.15) is 38.1 Å². The van der Waals surface area contributed by atoms with E-state index in [1.807, 2.05) is 24.6 Å². The number of carbonyl (C=O) groups excluding carboxylic acids is 1. The van der Waals surface area contributed by atoms with E-state index in [1.54, 1.807) is 11.1 Å². The van der Waals surface area contributed by atoms with Gasteiger partial charge < -0.3 is 9.47 Å². The van der Waals surface area contributed by atoms with E-state index in [0.717, 1.165) is 5.82 Å². The molecule has 2 heterocycles. The number of piperidine rings is 1. The highest BCUT2D eigenvalue weighted by Crippen LogP contribution is 2.28. The van der Waals surface area contributed by atoms with Crippen LogP contribution in [0.5, 0.6) is 0 Å². The van der Waals surface area contributed by atoms with Crippen molar-refractivity contribution in [2.45, 2.75) is 45.1 Å². The third kappa shape index (κ3) is 3.30. The van der Waals surface area contributed by atoms with E-state index in [4.69, 9.17) is 0 Å². The Labute approximate surface area is 111 Å². The molecule has 4 nitrogen and oxygen atoms in total. The number of aryl methyl sites for hydroxylation is 1. The smallest absolute Gasteiger partial charge is 0.251 e. The number of hydrogen-bond donors (Lipinski definition) is 0. The average molecular weight is 271 g/mol. The van der Waals surface area contributed by atoms with Crippen LogP contribution in [0.15, 0.2) is 12.4 Å². The van der Waals surface area contributed by atoms with Crippen LogP contribution < -0.4 is 0 Å². The Kier molecular flexibility index (Phi) is 3.87. The van der Waals surface area contributed by atoms with Crippen molar-refractivity contribution in [2.24, 2.45) is 0 Å². The third-order valence-corrected chi connectivity index (χ3v) is 3.65. The summed E-state index contributed by atoms with van der Waals surface area (Å²) in [5, 5.41) is 0. The van der Waals surface area contributed by atoms with Gasteiger partial charge in [-0.25, -0.2) is 13.8 Å². The van der Waals surface area contributed by atoms with Gasteiger partial charge in [-0.1, -0.05) is 0 Å². The van der Waals surface area contributed by atoms with Crippen molar-refractivity contribution in [3.05, 3.63) is 18.2 Å². The monoisotopic (exact) mass is 271 g/mol. The predicted octanol–water partition coefficient (Wildman–Crippen LogP) is 2.40. The van der Waals surface area contributed by atoms with E-state index in [1.165, 1.54) is 0 Å². The first-order chi connectivity index (χ1) is 8.89. The molecule has 2 rings (SSSR count). The maximum atomic E-state index is 13.0. The van der Waals surface area contributed by atoms with Crippen LogP contribution in [-0.4, -0.2) is 39.4 Å². The van der Waals surface area contributed by atoms with E-state index in [0.29, 0.717) is 6.42 Å². The average Bonchev–Trinajstić information content (AvgIpc) is 2.75. The van der Waals surface area contributed by atoms with Crippen LogP contribution in [0.2, 0.25) is 0 Å². The van der Waals surface area contributed by atoms with Crippen molar-refractivity contribution in [3.63, 3.8) is 0 Å². The summed E-state index contributed by atoms with van der Waals surface area (Å²) >= 11 is 0. The first-order valence-electron chi connectivity index (χ1n) is 6.54. The number of carbonyl (C=O) groups is 1. The standard InChI is InChI=1S/C13H19F2N3O/c1-10(18-8-5-16-11(18)2)9-12(19)17-6-3-13(14,15)4-7-17/h5,8,10H,3-4,6-7,9H2,1-2H3. The first-order valence-corrected chi connectivity index (χ1v) is 6.54. The van der Waals surface area contributed by atoms with Gasteiger partial charge in [0.1, 0.15) is 5.82 Å². The molecule has 0 bridgehead atoms. The van der Waals surface area contributed by atoms with Gasteiger partial charge in [-0.2, -0.15) is 0 Å². The number of nitrogens with zero attached hydrogens (tertiary/aromatic N) is 3. The molecule has 1 fully saturated rings. The summed E-state index contributed by atoms with van der Waals surface area (Å²) in [6.45, 7) is 4.12. The number of aromatic nitrogens is 2. The minimum Gasteiger partial charge on any atom is -0.342 e. The maximum absolute atomic E-state index is 13.0. The van der Waals surface area contributed by atoms with Gasteiger partial charge in [0.2, 0.25) is 5.91 Å². The SMILES string of the molecule is Cc1nccn1C(C)CC(=O)N1CCC(F)(F)CC1. The zero-order valence-corrected chi connectivity index (χ0v) is 11.3. The Bertz CT molecular complexity index is 448. The molecule has 0 aromatic carbocycles. The molecule has 1 unspecified atom stereocenters. The Balaban J connectivity index is 1.90. The van der Waals surface area contributed by atoms with Gasteiger partial charge >= 0.3 is 0 Å². The molecule has 19 heavy (non-hydrogen) atoms. The van der Waals surface area contributed by atoms with Gasteiger partial charge in [0.05, 0.1) is 0 Å². The summed E-state index contributed by atoms with van der Waals surface area (Å²) in [7, 11) is 0. The fourth-order valence-corrected chi connectivity index (χ4v) is 2.42. The number of halogens is 2. The normalized spacial score (nSPS) is 20.3. The van der Waals surface area contributed by atoms with Crippen LogP contribution in [0.3, 0.4) is 0 Å². The molecule has 6 heteroatoms. The van der Waals surface area contributed by atoms with Crippen molar-refractivity contribution < 1.29 is 13.6 Å². The van der Waals surface area contributed by atoms with Crippen LogP contribution in [0, 0.1) is 6.92 Å². The molecule has 1 aliphatic heterocycles. The zero-order chi connectivity index (χ0) is 14.0. The molecule has 0 spiro atoms. The number of hydrogen-bond acceptors (Lipinski definition) is 2. The van der Waals surface area contributed by atoms with Crippen molar-refractivity contribution in [3.8, 4) is 0 Å². The van der Waals surface area contributed by atoms with Gasteiger partial charge in [-0.15, -0.1) is 0 Å². The molecule has 1 aromatic heterocycles. The fraction of sp³-hybridized carbons (Fsp3) is 0.692. The highest BCUT2D eigenvalue weighted by molar-refractivity contribution is 5.76. The van der Waals surface area contributed by atoms with Crippen LogP contribution in [0.4, 0.5) is 8.78 Å². The first kappa shape index (κ1) is 14.0. The lowest BCUT2D eigenvalue weighted by atomic mass is 10.1. The summed E-state index contributed by atoms with van der Waals surface area (Å²) < 4.78 is 28.0. The number of alkyl halides is 2. The fourth-order valence-electron chi connectivity index (χ4n) is 2.42. The summed E-state index contributed by atoms with van der Waals surface area (Å²) in [6.07, 6.45) is 3.40. The van der Waals surface area contributed by atoms with E-state index >= 15 is 0 Å². The van der Waals surface area contributed by atoms with Gasteiger partial charge in [0.25, 0.3) is 5.92 Å². The predicted molar refractivity (Wildman–Crippen MR) is 67.1 cm³/mol. The summed E-state index contributed by atoms with van der Waals surface area (Å²) in [4.78, 5) is 17.7. The lowest BCUT2D eigenvalue weighted by Crippen LogP contribution is -2.43. The number of likely N-dealkylation sites (tertiary alicyclic amines) is 1. The van der Waals surface area contributed by atoms with Gasteiger partial charge in [0.15, 0.2) is 0 Å². The van der Waals surface area contributed by atoms with E-state index in [2.05, 4.69) is 4.98 Å². The molecular weight excluding hydrogens is 252 g/mol. The Morgan fingerprint density at radius 3 is 2.63 bits per heavy atom. The van der Waals surface area contributed by atoms with Gasteiger partial charge in [0, 0.05) is 50.8 Å². The largest absolute Gasteiger partial charge is 0.342 e. The van der Waals surface area contributed by atoms with E-state index in [9.17, 15) is 13.6 Å². The van der Waals surface area contributed by atoms with Gasteiger partial charge in [-0.3, -0.25) is 4.79 Å². The third-order valence-electron chi connectivity index (χ3n) is 3.65. The van der Waals surface area contributed by atoms with E-state index < -0.39 is 5.92 Å². The minimum absolute atomic E-state index is 0.00237. The second-order valence-electron chi connectivity index (χ2n) is 5.17. The summed E-state index contributed by atoms with van der Waals surface area (Å²) in [5.41, 5.74) is 0. The van der Waals surface area contributed by atoms with Crippen LogP contribution in [-0.2, 0) is 4.79 Å². The molecular formula is C13H19F2N3O.